The first-order chi connectivity index (χ1) is 8.10. The number of amides is 1. The molecule has 92 valence electrons. The van der Waals surface area contributed by atoms with Crippen molar-refractivity contribution in [3.63, 3.8) is 0 Å². The first-order valence-electron chi connectivity index (χ1n) is 5.18. The van der Waals surface area contributed by atoms with Crippen LogP contribution >= 0.6 is 12.2 Å². The molecule has 0 aromatic carbocycles. The van der Waals surface area contributed by atoms with Gasteiger partial charge < -0.3 is 15.8 Å². The lowest BCUT2D eigenvalue weighted by Gasteiger charge is -2.16. The molecule has 0 saturated carbocycles. The summed E-state index contributed by atoms with van der Waals surface area (Å²) in [5.41, 5.74) is 5.93. The fraction of sp³-hybridized carbons (Fsp3) is 0.364. The topological polar surface area (TPSA) is 77.2 Å². The van der Waals surface area contributed by atoms with Crippen LogP contribution in [0.4, 0.5) is 0 Å². The third-order valence-corrected chi connectivity index (χ3v) is 2.59. The number of methoxy groups -OCH3 is 1. The molecule has 0 fully saturated rings. The minimum Gasteiger partial charge on any atom is -0.494 e. The number of thiocarbonyl (C=S) groups is 1. The van der Waals surface area contributed by atoms with Crippen LogP contribution in [-0.4, -0.2) is 29.0 Å². The van der Waals surface area contributed by atoms with Crippen LogP contribution in [-0.2, 0) is 0 Å². The molecule has 1 unspecified atom stereocenters. The van der Waals surface area contributed by atoms with E-state index in [4.69, 9.17) is 22.7 Å². The number of carbonyl (C=O) groups is 1. The number of nitrogens with two attached hydrogens (primary N) is 1. The molecule has 1 aromatic rings. The number of rotatable bonds is 5. The molecule has 5 nitrogen and oxygen atoms in total. The molecular formula is C11H15N3O2S. The Morgan fingerprint density at radius 2 is 2.41 bits per heavy atom. The average Bonchev–Trinajstić information content (AvgIpc) is 2.35. The Bertz CT molecular complexity index is 423. The normalized spacial score (nSPS) is 11.6. The predicted octanol–water partition coefficient (Wildman–Crippen LogP) is 0.885. The fourth-order valence-corrected chi connectivity index (χ4v) is 1.57. The molecule has 0 radical (unpaired) electrons. The van der Waals surface area contributed by atoms with Crippen molar-refractivity contribution in [2.24, 2.45) is 5.73 Å². The number of nitrogens with one attached hydrogen (secondary N) is 1. The van der Waals surface area contributed by atoms with E-state index < -0.39 is 0 Å². The van der Waals surface area contributed by atoms with Crippen molar-refractivity contribution in [1.29, 1.82) is 0 Å². The molecule has 0 aliphatic heterocycles. The molecule has 6 heteroatoms. The second kappa shape index (κ2) is 6.15. The van der Waals surface area contributed by atoms with Gasteiger partial charge in [-0.3, -0.25) is 9.78 Å². The van der Waals surface area contributed by atoms with E-state index in [1.807, 2.05) is 6.92 Å². The minimum absolute atomic E-state index is 0.272. The first kappa shape index (κ1) is 13.4. The van der Waals surface area contributed by atoms with E-state index in [-0.39, 0.29) is 16.9 Å². The van der Waals surface area contributed by atoms with E-state index in [1.54, 1.807) is 6.07 Å². The minimum atomic E-state index is -0.310. The number of carbonyl (C=O) groups excluding carboxylic acids is 1. The van der Waals surface area contributed by atoms with Crippen molar-refractivity contribution in [3.05, 3.63) is 24.0 Å². The summed E-state index contributed by atoms with van der Waals surface area (Å²) in [5, 5.41) is 2.74. The largest absolute Gasteiger partial charge is 0.494 e. The molecule has 1 rings (SSSR count). The standard InChI is InChI=1S/C11H15N3O2S/c1-3-8(10(12)17)14-11(15)7-4-5-13-6-9(7)16-2/h4-6,8H,3H2,1-2H3,(H2,12,17)(H,14,15). The molecule has 0 aliphatic carbocycles. The number of hydrogen-bond acceptors (Lipinski definition) is 4. The van der Waals surface area contributed by atoms with Gasteiger partial charge in [0.25, 0.3) is 5.91 Å². The van der Waals surface area contributed by atoms with Crippen molar-refractivity contribution in [3.8, 4) is 5.75 Å². The Kier molecular flexibility index (Phi) is 4.84. The quantitative estimate of drug-likeness (QED) is 0.762. The molecule has 3 N–H and O–H groups in total. The Balaban J connectivity index is 2.86. The highest BCUT2D eigenvalue weighted by molar-refractivity contribution is 7.80. The van der Waals surface area contributed by atoms with Gasteiger partial charge in [0, 0.05) is 6.20 Å². The lowest BCUT2D eigenvalue weighted by atomic mass is 10.2. The van der Waals surface area contributed by atoms with Crippen LogP contribution in [0, 0.1) is 0 Å². The van der Waals surface area contributed by atoms with Gasteiger partial charge in [0.15, 0.2) is 0 Å². The van der Waals surface area contributed by atoms with Crippen LogP contribution in [0.15, 0.2) is 18.5 Å². The van der Waals surface area contributed by atoms with Crippen molar-refractivity contribution in [2.45, 2.75) is 19.4 Å². The summed E-state index contributed by atoms with van der Waals surface area (Å²) in [5.74, 6) is 0.145. The summed E-state index contributed by atoms with van der Waals surface area (Å²) >= 11 is 4.87. The zero-order valence-electron chi connectivity index (χ0n) is 9.77. The SMILES string of the molecule is CCC(NC(=O)c1ccncc1OC)C(N)=S. The van der Waals surface area contributed by atoms with Crippen molar-refractivity contribution < 1.29 is 9.53 Å². The van der Waals surface area contributed by atoms with E-state index >= 15 is 0 Å². The fourth-order valence-electron chi connectivity index (χ4n) is 1.34. The number of ether oxygens (including phenoxy) is 1. The second-order valence-corrected chi connectivity index (χ2v) is 3.88. The third-order valence-electron chi connectivity index (χ3n) is 2.31. The van der Waals surface area contributed by atoms with E-state index in [9.17, 15) is 4.79 Å². The van der Waals surface area contributed by atoms with Crippen LogP contribution < -0.4 is 15.8 Å². The highest BCUT2D eigenvalue weighted by atomic mass is 32.1. The molecule has 0 bridgehead atoms. The van der Waals surface area contributed by atoms with Crippen LogP contribution in [0.2, 0.25) is 0 Å². The van der Waals surface area contributed by atoms with Crippen molar-refractivity contribution in [1.82, 2.24) is 10.3 Å². The number of nitrogens with zero attached hydrogens (tertiary/aromatic N) is 1. The monoisotopic (exact) mass is 253 g/mol. The molecule has 17 heavy (non-hydrogen) atoms. The number of hydrogen-bond donors (Lipinski definition) is 2. The van der Waals surface area contributed by atoms with Gasteiger partial charge in [-0.25, -0.2) is 0 Å². The van der Waals surface area contributed by atoms with E-state index in [1.165, 1.54) is 19.5 Å². The van der Waals surface area contributed by atoms with Gasteiger partial charge in [0.2, 0.25) is 0 Å². The molecule has 0 spiro atoms. The molecular weight excluding hydrogens is 238 g/mol. The van der Waals surface area contributed by atoms with E-state index in [0.717, 1.165) is 0 Å². The second-order valence-electron chi connectivity index (χ2n) is 3.41. The van der Waals surface area contributed by atoms with Crippen LogP contribution in [0.25, 0.3) is 0 Å². The smallest absolute Gasteiger partial charge is 0.255 e. The van der Waals surface area contributed by atoms with Gasteiger partial charge in [-0.1, -0.05) is 19.1 Å². The zero-order valence-corrected chi connectivity index (χ0v) is 10.6. The molecule has 1 amide bonds. The lowest BCUT2D eigenvalue weighted by Crippen LogP contribution is -2.43. The zero-order chi connectivity index (χ0) is 12.8. The van der Waals surface area contributed by atoms with E-state index in [0.29, 0.717) is 17.7 Å². The lowest BCUT2D eigenvalue weighted by molar-refractivity contribution is 0.0943. The Morgan fingerprint density at radius 3 is 2.94 bits per heavy atom. The van der Waals surface area contributed by atoms with E-state index in [2.05, 4.69) is 10.3 Å². The Morgan fingerprint density at radius 1 is 1.71 bits per heavy atom. The predicted molar refractivity (Wildman–Crippen MR) is 69.1 cm³/mol. The van der Waals surface area contributed by atoms with Gasteiger partial charge in [0.05, 0.1) is 29.9 Å². The van der Waals surface area contributed by atoms with Crippen LogP contribution in [0.5, 0.6) is 5.75 Å². The van der Waals surface area contributed by atoms with Gasteiger partial charge >= 0.3 is 0 Å². The average molecular weight is 253 g/mol. The highest BCUT2D eigenvalue weighted by Crippen LogP contribution is 2.15. The highest BCUT2D eigenvalue weighted by Gasteiger charge is 2.17. The van der Waals surface area contributed by atoms with Crippen LogP contribution in [0.1, 0.15) is 23.7 Å². The Labute approximate surface area is 105 Å². The molecule has 0 saturated heterocycles. The van der Waals surface area contributed by atoms with Gasteiger partial charge in [-0.15, -0.1) is 0 Å². The maximum atomic E-state index is 12.0. The number of pyridine rings is 1. The molecule has 1 aromatic heterocycles. The van der Waals surface area contributed by atoms with Crippen LogP contribution in [0.3, 0.4) is 0 Å². The molecule has 1 atom stereocenters. The summed E-state index contributed by atoms with van der Waals surface area (Å²) < 4.78 is 5.05. The molecule has 0 aliphatic rings. The van der Waals surface area contributed by atoms with Gasteiger partial charge in [-0.2, -0.15) is 0 Å². The maximum absolute atomic E-state index is 12.0. The maximum Gasteiger partial charge on any atom is 0.255 e. The summed E-state index contributed by atoms with van der Waals surface area (Å²) in [7, 11) is 1.48. The van der Waals surface area contributed by atoms with Gasteiger partial charge in [0.1, 0.15) is 5.75 Å². The van der Waals surface area contributed by atoms with Gasteiger partial charge in [-0.05, 0) is 12.5 Å². The summed E-state index contributed by atoms with van der Waals surface area (Å²) in [4.78, 5) is 16.1. The summed E-state index contributed by atoms with van der Waals surface area (Å²) in [6.45, 7) is 1.90. The number of aromatic nitrogens is 1. The summed E-state index contributed by atoms with van der Waals surface area (Å²) in [6.07, 6.45) is 3.66. The first-order valence-corrected chi connectivity index (χ1v) is 5.59. The van der Waals surface area contributed by atoms with Crippen molar-refractivity contribution >= 4 is 23.1 Å². The molecule has 1 heterocycles. The van der Waals surface area contributed by atoms with Crippen molar-refractivity contribution in [2.75, 3.05) is 7.11 Å². The Hall–Kier alpha value is -1.69. The third kappa shape index (κ3) is 3.39. The summed E-state index contributed by atoms with van der Waals surface area (Å²) in [6, 6.07) is 1.27.